The molecule has 1 saturated heterocycles. The molecular weight excluding hydrogens is 236 g/mol. The third-order valence-corrected chi connectivity index (χ3v) is 2.62. The molecule has 1 unspecified atom stereocenters. The molecular formula is C10H15F2NO4. The molecule has 0 spiro atoms. The zero-order valence-electron chi connectivity index (χ0n) is 9.66. The normalized spacial score (nSPS) is 24.5. The van der Waals surface area contributed by atoms with Crippen LogP contribution in [0.4, 0.5) is 8.78 Å². The first-order valence-electron chi connectivity index (χ1n) is 5.32. The molecule has 0 aromatic carbocycles. The number of carbonyl (C=O) groups excluding carboxylic acids is 2. The summed E-state index contributed by atoms with van der Waals surface area (Å²) in [5.41, 5.74) is 0. The van der Waals surface area contributed by atoms with Crippen LogP contribution in [0.2, 0.25) is 0 Å². The average Bonchev–Trinajstić information content (AvgIpc) is 2.78. The first-order chi connectivity index (χ1) is 7.93. The summed E-state index contributed by atoms with van der Waals surface area (Å²) in [6.07, 6.45) is 0.234. The first kappa shape index (κ1) is 13.8. The van der Waals surface area contributed by atoms with Crippen LogP contribution in [-0.2, 0) is 19.1 Å². The third-order valence-electron chi connectivity index (χ3n) is 2.62. The van der Waals surface area contributed by atoms with E-state index < -0.39 is 29.9 Å². The maximum Gasteiger partial charge on any atom is 0.378 e. The lowest BCUT2D eigenvalue weighted by atomic mass is 10.1. The summed E-state index contributed by atoms with van der Waals surface area (Å²) in [6.45, 7) is 1.34. The highest BCUT2D eigenvalue weighted by Gasteiger charge is 2.52. The number of hydrogen-bond acceptors (Lipinski definition) is 5. The van der Waals surface area contributed by atoms with Gasteiger partial charge in [0.25, 0.3) is 0 Å². The lowest BCUT2D eigenvalue weighted by molar-refractivity contribution is -0.175. The number of halogens is 2. The summed E-state index contributed by atoms with van der Waals surface area (Å²) in [4.78, 5) is 22.2. The maximum atomic E-state index is 13.6. The van der Waals surface area contributed by atoms with Crippen molar-refractivity contribution in [3.05, 3.63) is 0 Å². The van der Waals surface area contributed by atoms with E-state index in [1.807, 2.05) is 0 Å². The smallest absolute Gasteiger partial charge is 0.378 e. The van der Waals surface area contributed by atoms with E-state index >= 15 is 0 Å². The Hall–Kier alpha value is -1.24. The molecule has 1 heterocycles. The van der Waals surface area contributed by atoms with Crippen LogP contribution >= 0.6 is 0 Å². The van der Waals surface area contributed by atoms with Crippen molar-refractivity contribution in [1.29, 1.82) is 0 Å². The van der Waals surface area contributed by atoms with Crippen molar-refractivity contribution >= 4 is 11.9 Å². The zero-order chi connectivity index (χ0) is 13.1. The molecule has 5 nitrogen and oxygen atoms in total. The molecule has 0 aliphatic carbocycles. The minimum absolute atomic E-state index is 0.0194. The molecule has 0 radical (unpaired) electrons. The molecule has 1 aliphatic heterocycles. The van der Waals surface area contributed by atoms with E-state index in [1.54, 1.807) is 0 Å². The molecule has 1 N–H and O–H groups in total. The van der Waals surface area contributed by atoms with E-state index in [-0.39, 0.29) is 19.4 Å². The Morgan fingerprint density at radius 1 is 1.41 bits per heavy atom. The predicted octanol–water partition coefficient (Wildman–Crippen LogP) is 0.478. The number of carbonyl (C=O) groups is 2. The van der Waals surface area contributed by atoms with Gasteiger partial charge < -0.3 is 9.47 Å². The Kier molecular flexibility index (Phi) is 4.39. The number of methoxy groups -OCH3 is 1. The van der Waals surface area contributed by atoms with Crippen molar-refractivity contribution in [3.63, 3.8) is 0 Å². The van der Waals surface area contributed by atoms with Gasteiger partial charge in [0.1, 0.15) is 6.04 Å². The van der Waals surface area contributed by atoms with Gasteiger partial charge in [-0.2, -0.15) is 8.78 Å². The highest BCUT2D eigenvalue weighted by Crippen LogP contribution is 2.29. The molecule has 0 amide bonds. The van der Waals surface area contributed by atoms with Crippen molar-refractivity contribution in [3.8, 4) is 0 Å². The lowest BCUT2D eigenvalue weighted by Gasteiger charge is -2.21. The second-order valence-corrected chi connectivity index (χ2v) is 3.72. The molecule has 0 aromatic rings. The molecule has 0 saturated carbocycles. The van der Waals surface area contributed by atoms with E-state index in [1.165, 1.54) is 14.0 Å². The van der Waals surface area contributed by atoms with Crippen molar-refractivity contribution in [2.75, 3.05) is 13.7 Å². The van der Waals surface area contributed by atoms with Gasteiger partial charge in [0.2, 0.25) is 0 Å². The fourth-order valence-corrected chi connectivity index (χ4v) is 1.73. The van der Waals surface area contributed by atoms with Gasteiger partial charge >= 0.3 is 17.9 Å². The second-order valence-electron chi connectivity index (χ2n) is 3.72. The Labute approximate surface area is 97.4 Å². The summed E-state index contributed by atoms with van der Waals surface area (Å²) in [5, 5.41) is 2.40. The van der Waals surface area contributed by atoms with Gasteiger partial charge in [-0.05, 0) is 19.8 Å². The van der Waals surface area contributed by atoms with Gasteiger partial charge in [-0.25, -0.2) is 4.79 Å². The summed E-state index contributed by atoms with van der Waals surface area (Å²) in [7, 11) is 1.18. The zero-order valence-corrected chi connectivity index (χ0v) is 9.66. The van der Waals surface area contributed by atoms with E-state index in [2.05, 4.69) is 14.8 Å². The monoisotopic (exact) mass is 251 g/mol. The second kappa shape index (κ2) is 5.39. The first-order valence-corrected chi connectivity index (χ1v) is 5.32. The number of esters is 2. The van der Waals surface area contributed by atoms with Gasteiger partial charge in [-0.1, -0.05) is 0 Å². The number of hydrogen-bond donors (Lipinski definition) is 1. The van der Waals surface area contributed by atoms with Crippen molar-refractivity contribution in [2.45, 2.75) is 37.8 Å². The minimum atomic E-state index is -3.63. The maximum absolute atomic E-state index is 13.6. The van der Waals surface area contributed by atoms with Crippen LogP contribution in [-0.4, -0.2) is 43.7 Å². The molecule has 17 heavy (non-hydrogen) atoms. The van der Waals surface area contributed by atoms with Gasteiger partial charge in [-0.3, -0.25) is 10.1 Å². The van der Waals surface area contributed by atoms with Crippen LogP contribution in [0.1, 0.15) is 19.8 Å². The van der Waals surface area contributed by atoms with Crippen molar-refractivity contribution in [1.82, 2.24) is 5.32 Å². The molecule has 0 bridgehead atoms. The van der Waals surface area contributed by atoms with Gasteiger partial charge in [0, 0.05) is 0 Å². The highest BCUT2D eigenvalue weighted by molar-refractivity contribution is 5.80. The largest absolute Gasteiger partial charge is 0.468 e. The van der Waals surface area contributed by atoms with Crippen LogP contribution < -0.4 is 5.32 Å². The summed E-state index contributed by atoms with van der Waals surface area (Å²) in [5.74, 6) is -5.80. The van der Waals surface area contributed by atoms with Gasteiger partial charge in [0.15, 0.2) is 0 Å². The minimum Gasteiger partial charge on any atom is -0.468 e. The van der Waals surface area contributed by atoms with Gasteiger partial charge in [0.05, 0.1) is 19.8 Å². The van der Waals surface area contributed by atoms with E-state index in [9.17, 15) is 18.4 Å². The number of alkyl halides is 2. The van der Waals surface area contributed by atoms with Crippen molar-refractivity contribution in [2.24, 2.45) is 0 Å². The van der Waals surface area contributed by atoms with E-state index in [0.717, 1.165) is 0 Å². The number of ether oxygens (including phenoxy) is 2. The van der Waals surface area contributed by atoms with Crippen LogP contribution in [0.3, 0.4) is 0 Å². The Balaban J connectivity index is 2.63. The molecule has 2 atom stereocenters. The molecule has 1 rings (SSSR count). The Bertz CT molecular complexity index is 309. The Morgan fingerprint density at radius 3 is 2.59 bits per heavy atom. The molecule has 0 aromatic heterocycles. The number of rotatable bonds is 4. The van der Waals surface area contributed by atoms with E-state index in [0.29, 0.717) is 0 Å². The van der Waals surface area contributed by atoms with Crippen LogP contribution in [0.5, 0.6) is 0 Å². The van der Waals surface area contributed by atoms with Crippen LogP contribution in [0.15, 0.2) is 0 Å². The van der Waals surface area contributed by atoms with Crippen LogP contribution in [0.25, 0.3) is 0 Å². The molecule has 1 aliphatic rings. The SMILES string of the molecule is CCOC(=O)C(F)(F)C1CC[C@H](C(=O)OC)N1. The topological polar surface area (TPSA) is 64.6 Å². The summed E-state index contributed by atoms with van der Waals surface area (Å²) >= 11 is 0. The summed E-state index contributed by atoms with van der Waals surface area (Å²) in [6, 6.07) is -2.17. The van der Waals surface area contributed by atoms with Crippen molar-refractivity contribution < 1.29 is 27.8 Å². The summed E-state index contributed by atoms with van der Waals surface area (Å²) < 4.78 is 35.9. The standard InChI is InChI=1S/C10H15F2NO4/c1-3-17-9(15)10(11,12)7-5-4-6(13-7)8(14)16-2/h6-7,13H,3-5H2,1-2H3/t6-,7?/m1/s1. The fraction of sp³-hybridized carbons (Fsp3) is 0.800. The van der Waals surface area contributed by atoms with Gasteiger partial charge in [-0.15, -0.1) is 0 Å². The Morgan fingerprint density at radius 2 is 2.06 bits per heavy atom. The number of nitrogens with one attached hydrogen (secondary N) is 1. The lowest BCUT2D eigenvalue weighted by Crippen LogP contribution is -2.50. The molecule has 1 fully saturated rings. The average molecular weight is 251 g/mol. The predicted molar refractivity (Wildman–Crippen MR) is 53.5 cm³/mol. The van der Waals surface area contributed by atoms with Crippen LogP contribution in [0, 0.1) is 0 Å². The third kappa shape index (κ3) is 2.91. The molecule has 7 heteroatoms. The fourth-order valence-electron chi connectivity index (χ4n) is 1.73. The highest BCUT2D eigenvalue weighted by atomic mass is 19.3. The quantitative estimate of drug-likeness (QED) is 0.736. The molecule has 98 valence electrons. The van der Waals surface area contributed by atoms with E-state index in [4.69, 9.17) is 0 Å².